The van der Waals surface area contributed by atoms with Crippen LogP contribution in [0, 0.1) is 6.92 Å². The molecule has 1 amide bonds. The van der Waals surface area contributed by atoms with E-state index in [-0.39, 0.29) is 6.61 Å². The zero-order valence-corrected chi connectivity index (χ0v) is 16.8. The number of hydrogen-bond acceptors (Lipinski definition) is 5. The highest BCUT2D eigenvalue weighted by Gasteiger charge is 2.46. The quantitative estimate of drug-likeness (QED) is 0.492. The Hall–Kier alpha value is -3.67. The lowest BCUT2D eigenvalue weighted by Crippen LogP contribution is -2.48. The number of carbonyl (C=O) groups is 2. The molecule has 30 heavy (non-hydrogen) atoms. The molecular weight excluding hydrogens is 382 g/mol. The molecule has 3 aromatic rings. The zero-order valence-electron chi connectivity index (χ0n) is 16.8. The highest BCUT2D eigenvalue weighted by molar-refractivity contribution is 6.53. The van der Waals surface area contributed by atoms with E-state index in [2.05, 4.69) is 0 Å². The molecule has 0 radical (unpaired) electrons. The maximum absolute atomic E-state index is 12.5. The number of ketones is 1. The fourth-order valence-electron chi connectivity index (χ4n) is 4.34. The minimum atomic E-state index is -0.654. The summed E-state index contributed by atoms with van der Waals surface area (Å²) in [7, 11) is 0. The number of fused-ring (bicyclic) bond motifs is 1. The lowest BCUT2D eigenvalue weighted by atomic mass is 9.88. The van der Waals surface area contributed by atoms with Gasteiger partial charge in [0.1, 0.15) is 17.9 Å². The van der Waals surface area contributed by atoms with Crippen LogP contribution in [0.3, 0.4) is 0 Å². The van der Waals surface area contributed by atoms with Crippen molar-refractivity contribution in [3.63, 3.8) is 0 Å². The summed E-state index contributed by atoms with van der Waals surface area (Å²) in [5.41, 5.74) is 3.05. The first kappa shape index (κ1) is 18.4. The molecule has 0 saturated heterocycles. The van der Waals surface area contributed by atoms with Gasteiger partial charge in [-0.2, -0.15) is 0 Å². The van der Waals surface area contributed by atoms with Crippen molar-refractivity contribution in [2.24, 2.45) is 0 Å². The predicted molar refractivity (Wildman–Crippen MR) is 113 cm³/mol. The molecule has 0 bridgehead atoms. The van der Waals surface area contributed by atoms with Crippen molar-refractivity contribution in [2.75, 3.05) is 11.5 Å². The van der Waals surface area contributed by atoms with Gasteiger partial charge in [-0.1, -0.05) is 18.2 Å². The lowest BCUT2D eigenvalue weighted by molar-refractivity contribution is -0.115. The van der Waals surface area contributed by atoms with Crippen molar-refractivity contribution in [1.82, 2.24) is 0 Å². The summed E-state index contributed by atoms with van der Waals surface area (Å²) in [4.78, 5) is 38.2. The van der Waals surface area contributed by atoms with E-state index in [0.29, 0.717) is 22.6 Å². The number of Topliss-reactive ketones (excluding diaryl/α,β-unsaturated/α-hetero) is 1. The molecule has 6 nitrogen and oxygen atoms in total. The number of nitrogens with zero attached hydrogens (tertiary/aromatic N) is 1. The lowest BCUT2D eigenvalue weighted by Gasteiger charge is -2.38. The minimum Gasteiger partial charge on any atom is -0.489 e. The third-order valence-electron chi connectivity index (χ3n) is 5.67. The van der Waals surface area contributed by atoms with Crippen LogP contribution in [0.5, 0.6) is 5.75 Å². The van der Waals surface area contributed by atoms with E-state index in [9.17, 15) is 14.4 Å². The SMILES string of the molecule is Cc1cc(=O)oc2cc(OCC3=CC(C)(C)N4C(=O)C(=O)c5cccc3c54)ccc12. The summed E-state index contributed by atoms with van der Waals surface area (Å²) >= 11 is 0. The fourth-order valence-corrected chi connectivity index (χ4v) is 4.34. The van der Waals surface area contributed by atoms with Gasteiger partial charge in [0.2, 0.25) is 0 Å². The number of amides is 1. The number of hydrogen-bond donors (Lipinski definition) is 0. The molecule has 2 aromatic carbocycles. The topological polar surface area (TPSA) is 76.8 Å². The molecule has 0 aliphatic carbocycles. The van der Waals surface area contributed by atoms with Crippen molar-refractivity contribution in [3.8, 4) is 5.75 Å². The summed E-state index contributed by atoms with van der Waals surface area (Å²) < 4.78 is 11.3. The van der Waals surface area contributed by atoms with Gasteiger partial charge < -0.3 is 9.15 Å². The zero-order chi connectivity index (χ0) is 21.2. The van der Waals surface area contributed by atoms with E-state index in [1.54, 1.807) is 23.1 Å². The molecule has 3 heterocycles. The van der Waals surface area contributed by atoms with Crippen LogP contribution >= 0.6 is 0 Å². The first-order valence-electron chi connectivity index (χ1n) is 9.67. The number of benzene rings is 2. The monoisotopic (exact) mass is 401 g/mol. The van der Waals surface area contributed by atoms with Gasteiger partial charge in [-0.25, -0.2) is 4.79 Å². The Labute approximate surface area is 172 Å². The summed E-state index contributed by atoms with van der Waals surface area (Å²) in [6.07, 6.45) is 1.96. The number of para-hydroxylation sites is 1. The van der Waals surface area contributed by atoms with Crippen molar-refractivity contribution in [1.29, 1.82) is 0 Å². The second-order valence-electron chi connectivity index (χ2n) is 8.19. The first-order chi connectivity index (χ1) is 14.3. The molecule has 0 unspecified atom stereocenters. The van der Waals surface area contributed by atoms with Gasteiger partial charge >= 0.3 is 5.63 Å². The summed E-state index contributed by atoms with van der Waals surface area (Å²) in [6.45, 7) is 5.91. The Balaban J connectivity index is 1.51. The Bertz CT molecular complexity index is 1350. The number of aryl methyl sites for hydroxylation is 1. The van der Waals surface area contributed by atoms with Crippen molar-refractivity contribution < 1.29 is 18.7 Å². The number of rotatable bonds is 3. The number of ether oxygens (including phenoxy) is 1. The molecule has 0 N–H and O–H groups in total. The van der Waals surface area contributed by atoms with Crippen LogP contribution < -0.4 is 15.3 Å². The van der Waals surface area contributed by atoms with Gasteiger partial charge in [0.25, 0.3) is 11.7 Å². The molecule has 0 saturated carbocycles. The largest absolute Gasteiger partial charge is 0.489 e. The molecule has 0 spiro atoms. The Morgan fingerprint density at radius 3 is 2.60 bits per heavy atom. The summed E-state index contributed by atoms with van der Waals surface area (Å²) in [5, 5.41) is 0.855. The average molecular weight is 401 g/mol. The van der Waals surface area contributed by atoms with Gasteiger partial charge in [0, 0.05) is 23.1 Å². The third kappa shape index (κ3) is 2.60. The van der Waals surface area contributed by atoms with Crippen LogP contribution in [0.2, 0.25) is 0 Å². The van der Waals surface area contributed by atoms with Gasteiger partial charge in [-0.3, -0.25) is 14.5 Å². The van der Waals surface area contributed by atoms with Crippen LogP contribution in [-0.2, 0) is 4.79 Å². The van der Waals surface area contributed by atoms with Gasteiger partial charge in [-0.15, -0.1) is 0 Å². The summed E-state index contributed by atoms with van der Waals surface area (Å²) in [5.74, 6) is -0.411. The second-order valence-corrected chi connectivity index (χ2v) is 8.19. The Morgan fingerprint density at radius 2 is 1.80 bits per heavy atom. The van der Waals surface area contributed by atoms with Crippen molar-refractivity contribution >= 4 is 33.9 Å². The Kier molecular flexibility index (Phi) is 3.77. The normalized spacial score (nSPS) is 16.6. The van der Waals surface area contributed by atoms with E-state index in [1.807, 2.05) is 45.0 Å². The van der Waals surface area contributed by atoms with Crippen LogP contribution in [0.15, 0.2) is 57.8 Å². The highest BCUT2D eigenvalue weighted by Crippen LogP contribution is 2.45. The number of anilines is 1. The molecule has 2 aliphatic heterocycles. The van der Waals surface area contributed by atoms with Gasteiger partial charge in [0.05, 0.1) is 16.8 Å². The molecule has 2 aliphatic rings. The molecule has 0 atom stereocenters. The van der Waals surface area contributed by atoms with E-state index in [1.165, 1.54) is 6.07 Å². The standard InChI is InChI=1S/C24H19NO5/c1-13-9-20(26)30-19-10-15(7-8-16(13)19)29-12-14-11-24(2,3)25-21-17(14)5-4-6-18(21)22(27)23(25)28/h4-11H,12H2,1-3H3. The van der Waals surface area contributed by atoms with E-state index in [0.717, 1.165) is 22.1 Å². The first-order valence-corrected chi connectivity index (χ1v) is 9.67. The minimum absolute atomic E-state index is 0.248. The highest BCUT2D eigenvalue weighted by atomic mass is 16.5. The summed E-state index contributed by atoms with van der Waals surface area (Å²) in [6, 6.07) is 12.2. The second kappa shape index (κ2) is 6.16. The van der Waals surface area contributed by atoms with Gasteiger partial charge in [0.15, 0.2) is 0 Å². The third-order valence-corrected chi connectivity index (χ3v) is 5.67. The maximum Gasteiger partial charge on any atom is 0.336 e. The molecule has 150 valence electrons. The van der Waals surface area contributed by atoms with Crippen molar-refractivity contribution in [2.45, 2.75) is 26.3 Å². The smallest absolute Gasteiger partial charge is 0.336 e. The van der Waals surface area contributed by atoms with Crippen LogP contribution in [-0.4, -0.2) is 23.8 Å². The fraction of sp³-hybridized carbons (Fsp3) is 0.208. The van der Waals surface area contributed by atoms with E-state index >= 15 is 0 Å². The van der Waals surface area contributed by atoms with E-state index in [4.69, 9.17) is 9.15 Å². The Morgan fingerprint density at radius 1 is 1.03 bits per heavy atom. The predicted octanol–water partition coefficient (Wildman–Crippen LogP) is 3.89. The number of carbonyl (C=O) groups excluding carboxylic acids is 2. The molecule has 0 fully saturated rings. The van der Waals surface area contributed by atoms with Crippen LogP contribution in [0.4, 0.5) is 5.69 Å². The van der Waals surface area contributed by atoms with Crippen LogP contribution in [0.1, 0.15) is 35.3 Å². The molecule has 1 aromatic heterocycles. The molecular formula is C24H19NO5. The molecule has 5 rings (SSSR count). The van der Waals surface area contributed by atoms with Crippen molar-refractivity contribution in [3.05, 3.63) is 75.7 Å². The van der Waals surface area contributed by atoms with Gasteiger partial charge in [-0.05, 0) is 50.1 Å². The maximum atomic E-state index is 12.5. The van der Waals surface area contributed by atoms with E-state index < -0.39 is 22.9 Å². The molecule has 6 heteroatoms. The van der Waals surface area contributed by atoms with Crippen LogP contribution in [0.25, 0.3) is 16.5 Å². The average Bonchev–Trinajstić information content (AvgIpc) is 2.96.